The van der Waals surface area contributed by atoms with Crippen molar-refractivity contribution in [3.05, 3.63) is 59.7 Å². The Kier molecular flexibility index (Phi) is 6.00. The monoisotopic (exact) mass is 353 g/mol. The van der Waals surface area contributed by atoms with Gasteiger partial charge in [0.1, 0.15) is 11.5 Å². The Morgan fingerprint density at radius 3 is 2.77 bits per heavy atom. The minimum Gasteiger partial charge on any atom is -0.508 e. The average Bonchev–Trinajstić information content (AvgIpc) is 3.15. The fourth-order valence-electron chi connectivity index (χ4n) is 3.35. The van der Waals surface area contributed by atoms with Crippen molar-refractivity contribution in [2.75, 3.05) is 26.7 Å². The Balaban J connectivity index is 1.67. The van der Waals surface area contributed by atoms with Crippen LogP contribution in [0.1, 0.15) is 30.4 Å². The summed E-state index contributed by atoms with van der Waals surface area (Å²) in [5.41, 5.74) is 2.35. The molecule has 3 rings (SSSR count). The van der Waals surface area contributed by atoms with Crippen molar-refractivity contribution in [2.45, 2.75) is 25.8 Å². The molecule has 2 aromatic rings. The number of benzene rings is 2. The Morgan fingerprint density at radius 2 is 2.08 bits per heavy atom. The lowest BCUT2D eigenvalue weighted by Gasteiger charge is -2.22. The number of likely N-dealkylation sites (tertiary alicyclic amines) is 1. The number of rotatable bonds is 5. The molecular formula is C21H27N3O2. The van der Waals surface area contributed by atoms with E-state index in [1.165, 1.54) is 5.56 Å². The number of hydrogen-bond acceptors (Lipinski definition) is 3. The lowest BCUT2D eigenvalue weighted by molar-refractivity contribution is 0.414. The average molecular weight is 353 g/mol. The lowest BCUT2D eigenvalue weighted by atomic mass is 9.98. The van der Waals surface area contributed by atoms with Crippen LogP contribution in [0.25, 0.3) is 0 Å². The van der Waals surface area contributed by atoms with E-state index in [-0.39, 0.29) is 5.75 Å². The molecule has 1 atom stereocenters. The fraction of sp³-hybridized carbons (Fsp3) is 0.381. The van der Waals surface area contributed by atoms with Crippen LogP contribution in [-0.4, -0.2) is 42.7 Å². The van der Waals surface area contributed by atoms with Gasteiger partial charge >= 0.3 is 0 Å². The van der Waals surface area contributed by atoms with Crippen molar-refractivity contribution in [1.29, 1.82) is 0 Å². The number of phenols is 1. The van der Waals surface area contributed by atoms with Crippen molar-refractivity contribution in [1.82, 2.24) is 10.2 Å². The highest BCUT2D eigenvalue weighted by Crippen LogP contribution is 2.28. The molecule has 2 N–H and O–H groups in total. The Labute approximate surface area is 155 Å². The highest BCUT2D eigenvalue weighted by molar-refractivity contribution is 5.80. The smallest absolute Gasteiger partial charge is 0.194 e. The van der Waals surface area contributed by atoms with E-state index in [1.807, 2.05) is 24.3 Å². The van der Waals surface area contributed by atoms with E-state index in [0.717, 1.165) is 43.3 Å². The maximum Gasteiger partial charge on any atom is 0.194 e. The molecule has 1 heterocycles. The normalized spacial score (nSPS) is 17.4. The van der Waals surface area contributed by atoms with Gasteiger partial charge in [-0.3, -0.25) is 0 Å². The molecule has 5 nitrogen and oxygen atoms in total. The van der Waals surface area contributed by atoms with Crippen molar-refractivity contribution < 1.29 is 9.84 Å². The van der Waals surface area contributed by atoms with Crippen LogP contribution in [0.4, 0.5) is 0 Å². The van der Waals surface area contributed by atoms with Gasteiger partial charge in [-0.1, -0.05) is 24.3 Å². The van der Waals surface area contributed by atoms with Crippen LogP contribution >= 0.6 is 0 Å². The van der Waals surface area contributed by atoms with E-state index >= 15 is 0 Å². The molecule has 0 radical (unpaired) electrons. The minimum absolute atomic E-state index is 0.281. The molecule has 0 amide bonds. The maximum atomic E-state index is 9.61. The summed E-state index contributed by atoms with van der Waals surface area (Å²) in [6, 6.07) is 15.6. The molecular weight excluding hydrogens is 326 g/mol. The number of hydrogen-bond donors (Lipinski definition) is 2. The van der Waals surface area contributed by atoms with Gasteiger partial charge in [-0.25, -0.2) is 4.99 Å². The largest absolute Gasteiger partial charge is 0.508 e. The third kappa shape index (κ3) is 4.48. The number of phenolic OH excluding ortho intramolecular Hbond substituents is 1. The van der Waals surface area contributed by atoms with Gasteiger partial charge in [0.15, 0.2) is 5.96 Å². The maximum absolute atomic E-state index is 9.61. The molecule has 0 bridgehead atoms. The van der Waals surface area contributed by atoms with Crippen molar-refractivity contribution in [3.63, 3.8) is 0 Å². The van der Waals surface area contributed by atoms with Crippen LogP contribution in [0.15, 0.2) is 53.5 Å². The van der Waals surface area contributed by atoms with Gasteiger partial charge in [0.25, 0.3) is 0 Å². The zero-order chi connectivity index (χ0) is 18.4. The third-order valence-electron chi connectivity index (χ3n) is 4.73. The lowest BCUT2D eigenvalue weighted by Crippen LogP contribution is -2.40. The number of nitrogens with one attached hydrogen (secondary N) is 1. The standard InChI is InChI=1S/C21H27N3O2/c1-3-22-21(23-14-16-5-4-6-19(25)13-16)24-12-11-18(15-24)17-7-9-20(26-2)10-8-17/h4-10,13,18,25H,3,11-12,14-15H2,1-2H3,(H,22,23). The Hall–Kier alpha value is -2.69. The summed E-state index contributed by atoms with van der Waals surface area (Å²) in [5, 5.41) is 13.0. The molecule has 5 heteroatoms. The zero-order valence-corrected chi connectivity index (χ0v) is 15.5. The summed E-state index contributed by atoms with van der Waals surface area (Å²) < 4.78 is 5.25. The highest BCUT2D eigenvalue weighted by Gasteiger charge is 2.26. The number of nitrogens with zero attached hydrogens (tertiary/aromatic N) is 2. The third-order valence-corrected chi connectivity index (χ3v) is 4.73. The Morgan fingerprint density at radius 1 is 1.27 bits per heavy atom. The van der Waals surface area contributed by atoms with Gasteiger partial charge in [-0.15, -0.1) is 0 Å². The first-order valence-electron chi connectivity index (χ1n) is 9.14. The van der Waals surface area contributed by atoms with Gasteiger partial charge in [0, 0.05) is 25.6 Å². The van der Waals surface area contributed by atoms with Crippen molar-refractivity contribution in [3.8, 4) is 11.5 Å². The van der Waals surface area contributed by atoms with Crippen LogP contribution in [0.5, 0.6) is 11.5 Å². The first-order chi connectivity index (χ1) is 12.7. The van der Waals surface area contributed by atoms with Gasteiger partial charge < -0.3 is 20.1 Å². The second-order valence-electron chi connectivity index (χ2n) is 6.54. The summed E-state index contributed by atoms with van der Waals surface area (Å²) in [6.45, 7) is 5.42. The quantitative estimate of drug-likeness (QED) is 0.639. The summed E-state index contributed by atoms with van der Waals surface area (Å²) in [6.07, 6.45) is 1.11. The first kappa shape index (κ1) is 18.1. The van der Waals surface area contributed by atoms with Crippen molar-refractivity contribution >= 4 is 5.96 Å². The van der Waals surface area contributed by atoms with Crippen LogP contribution in [0, 0.1) is 0 Å². The van der Waals surface area contributed by atoms with E-state index in [2.05, 4.69) is 29.3 Å². The molecule has 1 aliphatic heterocycles. The van der Waals surface area contributed by atoms with E-state index in [0.29, 0.717) is 12.5 Å². The second kappa shape index (κ2) is 8.61. The van der Waals surface area contributed by atoms with Crippen LogP contribution in [0.2, 0.25) is 0 Å². The molecule has 2 aromatic carbocycles. The molecule has 1 saturated heterocycles. The molecule has 1 aliphatic rings. The molecule has 138 valence electrons. The van der Waals surface area contributed by atoms with Gasteiger partial charge in [-0.2, -0.15) is 0 Å². The molecule has 0 aliphatic carbocycles. The second-order valence-corrected chi connectivity index (χ2v) is 6.54. The SMILES string of the molecule is CCNC(=NCc1cccc(O)c1)N1CCC(c2ccc(OC)cc2)C1. The molecule has 1 unspecified atom stereocenters. The van der Waals surface area contributed by atoms with E-state index in [9.17, 15) is 5.11 Å². The minimum atomic E-state index is 0.281. The van der Waals surface area contributed by atoms with E-state index in [1.54, 1.807) is 19.2 Å². The molecule has 1 fully saturated rings. The van der Waals surface area contributed by atoms with Gasteiger partial charge in [-0.05, 0) is 48.7 Å². The summed E-state index contributed by atoms with van der Waals surface area (Å²) in [4.78, 5) is 7.08. The molecule has 0 spiro atoms. The van der Waals surface area contributed by atoms with Crippen molar-refractivity contribution in [2.24, 2.45) is 4.99 Å². The molecule has 0 saturated carbocycles. The van der Waals surface area contributed by atoms with Crippen LogP contribution < -0.4 is 10.1 Å². The molecule has 26 heavy (non-hydrogen) atoms. The van der Waals surface area contributed by atoms with Crippen LogP contribution in [0.3, 0.4) is 0 Å². The summed E-state index contributed by atoms with van der Waals surface area (Å²) in [5.74, 6) is 2.62. The first-order valence-corrected chi connectivity index (χ1v) is 9.14. The number of aromatic hydroxyl groups is 1. The molecule has 0 aromatic heterocycles. The summed E-state index contributed by atoms with van der Waals surface area (Å²) in [7, 11) is 1.69. The van der Waals surface area contributed by atoms with E-state index in [4.69, 9.17) is 9.73 Å². The zero-order valence-electron chi connectivity index (χ0n) is 15.5. The topological polar surface area (TPSA) is 57.1 Å². The predicted molar refractivity (Wildman–Crippen MR) is 105 cm³/mol. The fourth-order valence-corrected chi connectivity index (χ4v) is 3.35. The number of ether oxygens (including phenoxy) is 1. The highest BCUT2D eigenvalue weighted by atomic mass is 16.5. The van der Waals surface area contributed by atoms with Gasteiger partial charge in [0.2, 0.25) is 0 Å². The Bertz CT molecular complexity index is 743. The summed E-state index contributed by atoms with van der Waals surface area (Å²) >= 11 is 0. The predicted octanol–water partition coefficient (Wildman–Crippen LogP) is 3.36. The number of methoxy groups -OCH3 is 1. The van der Waals surface area contributed by atoms with E-state index < -0.39 is 0 Å². The van der Waals surface area contributed by atoms with Gasteiger partial charge in [0.05, 0.1) is 13.7 Å². The number of guanidine groups is 1. The number of aliphatic imine (C=N–C) groups is 1. The van der Waals surface area contributed by atoms with Crippen LogP contribution in [-0.2, 0) is 6.54 Å².